The highest BCUT2D eigenvalue weighted by Gasteiger charge is 2.24. The summed E-state index contributed by atoms with van der Waals surface area (Å²) in [7, 11) is 0. The summed E-state index contributed by atoms with van der Waals surface area (Å²) in [5.74, 6) is -0.293. The Labute approximate surface area is 88.5 Å². The summed E-state index contributed by atoms with van der Waals surface area (Å²) in [5.41, 5.74) is 0.733. The Bertz CT molecular complexity index is 321. The molecule has 2 atom stereocenters. The Morgan fingerprint density at radius 3 is 3.00 bits per heavy atom. The molecule has 1 aliphatic heterocycles. The van der Waals surface area contributed by atoms with Crippen LogP contribution in [0.5, 0.6) is 0 Å². The SMILES string of the molecule is Fc1cccc(CC(F)C2CCCN2)c1. The number of hydrogen-bond donors (Lipinski definition) is 1. The van der Waals surface area contributed by atoms with Crippen LogP contribution < -0.4 is 5.32 Å². The second-order valence-corrected chi connectivity index (χ2v) is 4.05. The van der Waals surface area contributed by atoms with Crippen LogP contribution in [0.1, 0.15) is 18.4 Å². The molecule has 3 heteroatoms. The second kappa shape index (κ2) is 4.71. The first-order chi connectivity index (χ1) is 7.25. The van der Waals surface area contributed by atoms with Crippen molar-refractivity contribution in [1.29, 1.82) is 0 Å². The van der Waals surface area contributed by atoms with Crippen LogP contribution >= 0.6 is 0 Å². The highest BCUT2D eigenvalue weighted by molar-refractivity contribution is 5.17. The van der Waals surface area contributed by atoms with E-state index < -0.39 is 6.17 Å². The van der Waals surface area contributed by atoms with Crippen molar-refractivity contribution in [1.82, 2.24) is 5.32 Å². The zero-order valence-corrected chi connectivity index (χ0v) is 8.55. The topological polar surface area (TPSA) is 12.0 Å². The number of halogens is 2. The van der Waals surface area contributed by atoms with Crippen LogP contribution in [-0.2, 0) is 6.42 Å². The van der Waals surface area contributed by atoms with E-state index >= 15 is 0 Å². The van der Waals surface area contributed by atoms with Crippen molar-refractivity contribution in [3.05, 3.63) is 35.6 Å². The molecule has 0 spiro atoms. The van der Waals surface area contributed by atoms with Crippen molar-refractivity contribution in [2.24, 2.45) is 0 Å². The summed E-state index contributed by atoms with van der Waals surface area (Å²) < 4.78 is 26.6. The smallest absolute Gasteiger partial charge is 0.123 e. The quantitative estimate of drug-likeness (QED) is 0.809. The largest absolute Gasteiger partial charge is 0.311 e. The minimum Gasteiger partial charge on any atom is -0.311 e. The van der Waals surface area contributed by atoms with Gasteiger partial charge in [0.1, 0.15) is 12.0 Å². The molecule has 0 aliphatic carbocycles. The van der Waals surface area contributed by atoms with E-state index in [0.717, 1.165) is 24.9 Å². The van der Waals surface area contributed by atoms with Gasteiger partial charge in [0, 0.05) is 12.5 Å². The van der Waals surface area contributed by atoms with E-state index in [1.807, 2.05) is 0 Å². The van der Waals surface area contributed by atoms with Gasteiger partial charge >= 0.3 is 0 Å². The molecule has 0 saturated carbocycles. The molecule has 1 N–H and O–H groups in total. The lowest BCUT2D eigenvalue weighted by Gasteiger charge is -2.15. The fraction of sp³-hybridized carbons (Fsp3) is 0.500. The van der Waals surface area contributed by atoms with Gasteiger partial charge in [0.2, 0.25) is 0 Å². The maximum Gasteiger partial charge on any atom is 0.123 e. The van der Waals surface area contributed by atoms with Crippen molar-refractivity contribution >= 4 is 0 Å². The molecule has 1 aromatic carbocycles. The molecular formula is C12H15F2N. The molecular weight excluding hydrogens is 196 g/mol. The van der Waals surface area contributed by atoms with E-state index in [1.54, 1.807) is 12.1 Å². The molecule has 1 aliphatic rings. The number of nitrogens with one attached hydrogen (secondary N) is 1. The molecule has 0 aromatic heterocycles. The average Bonchev–Trinajstić information content (AvgIpc) is 2.70. The van der Waals surface area contributed by atoms with Gasteiger partial charge in [-0.1, -0.05) is 12.1 Å². The van der Waals surface area contributed by atoms with Gasteiger partial charge in [-0.05, 0) is 37.1 Å². The first-order valence-corrected chi connectivity index (χ1v) is 5.37. The first kappa shape index (κ1) is 10.6. The van der Waals surface area contributed by atoms with Gasteiger partial charge in [0.05, 0.1) is 0 Å². The van der Waals surface area contributed by atoms with Crippen molar-refractivity contribution in [2.45, 2.75) is 31.5 Å². The first-order valence-electron chi connectivity index (χ1n) is 5.37. The monoisotopic (exact) mass is 211 g/mol. The lowest BCUT2D eigenvalue weighted by molar-refractivity contribution is 0.263. The maximum absolute atomic E-state index is 13.7. The van der Waals surface area contributed by atoms with Crippen molar-refractivity contribution in [2.75, 3.05) is 6.54 Å². The predicted octanol–water partition coefficient (Wildman–Crippen LogP) is 2.46. The Hall–Kier alpha value is -0.960. The Kier molecular flexibility index (Phi) is 3.31. The fourth-order valence-corrected chi connectivity index (χ4v) is 2.05. The van der Waals surface area contributed by atoms with E-state index in [2.05, 4.69) is 5.32 Å². The molecule has 1 aromatic rings. The molecule has 0 radical (unpaired) electrons. The maximum atomic E-state index is 13.7. The number of benzene rings is 1. The van der Waals surface area contributed by atoms with E-state index in [-0.39, 0.29) is 11.9 Å². The van der Waals surface area contributed by atoms with Crippen LogP contribution in [0.3, 0.4) is 0 Å². The summed E-state index contributed by atoms with van der Waals surface area (Å²) in [5, 5.41) is 3.12. The molecule has 1 saturated heterocycles. The molecule has 1 fully saturated rings. The normalized spacial score (nSPS) is 22.9. The van der Waals surface area contributed by atoms with Crippen molar-refractivity contribution in [3.63, 3.8) is 0 Å². The average molecular weight is 211 g/mol. The highest BCUT2D eigenvalue weighted by Crippen LogP contribution is 2.16. The minimum absolute atomic E-state index is 0.0479. The van der Waals surface area contributed by atoms with Gasteiger partial charge in [-0.3, -0.25) is 0 Å². The lowest BCUT2D eigenvalue weighted by atomic mass is 10.0. The van der Waals surface area contributed by atoms with Gasteiger partial charge in [-0.25, -0.2) is 8.78 Å². The van der Waals surface area contributed by atoms with Crippen molar-refractivity contribution < 1.29 is 8.78 Å². The summed E-state index contributed by atoms with van der Waals surface area (Å²) in [6, 6.07) is 6.13. The predicted molar refractivity (Wildman–Crippen MR) is 56.0 cm³/mol. The van der Waals surface area contributed by atoms with Crippen LogP contribution in [0.4, 0.5) is 8.78 Å². The van der Waals surface area contributed by atoms with Crippen LogP contribution in [0.25, 0.3) is 0 Å². The van der Waals surface area contributed by atoms with Crippen LogP contribution in [-0.4, -0.2) is 18.8 Å². The number of alkyl halides is 1. The molecule has 0 bridgehead atoms. The molecule has 2 rings (SSSR count). The third kappa shape index (κ3) is 2.75. The second-order valence-electron chi connectivity index (χ2n) is 4.05. The van der Waals surface area contributed by atoms with Crippen LogP contribution in [0, 0.1) is 5.82 Å². The van der Waals surface area contributed by atoms with Crippen LogP contribution in [0.15, 0.2) is 24.3 Å². The van der Waals surface area contributed by atoms with Gasteiger partial charge in [-0.15, -0.1) is 0 Å². The highest BCUT2D eigenvalue weighted by atomic mass is 19.1. The van der Waals surface area contributed by atoms with Gasteiger partial charge < -0.3 is 5.32 Å². The zero-order chi connectivity index (χ0) is 10.7. The van der Waals surface area contributed by atoms with Crippen LogP contribution in [0.2, 0.25) is 0 Å². The Balaban J connectivity index is 1.95. The van der Waals surface area contributed by atoms with Gasteiger partial charge in [0.25, 0.3) is 0 Å². The Morgan fingerprint density at radius 1 is 1.47 bits per heavy atom. The molecule has 1 heterocycles. The van der Waals surface area contributed by atoms with Crippen molar-refractivity contribution in [3.8, 4) is 0 Å². The fourth-order valence-electron chi connectivity index (χ4n) is 2.05. The molecule has 15 heavy (non-hydrogen) atoms. The van der Waals surface area contributed by atoms with E-state index in [1.165, 1.54) is 12.1 Å². The lowest BCUT2D eigenvalue weighted by Crippen LogP contribution is -2.33. The molecule has 2 unspecified atom stereocenters. The Morgan fingerprint density at radius 2 is 2.33 bits per heavy atom. The third-order valence-electron chi connectivity index (χ3n) is 2.85. The standard InChI is InChI=1S/C12H15F2N/c13-10-4-1-3-9(7-10)8-11(14)12-5-2-6-15-12/h1,3-4,7,11-12,15H,2,5-6,8H2. The molecule has 0 amide bonds. The van der Waals surface area contributed by atoms with E-state index in [4.69, 9.17) is 0 Å². The van der Waals surface area contributed by atoms with E-state index in [9.17, 15) is 8.78 Å². The summed E-state index contributed by atoms with van der Waals surface area (Å²) in [6.07, 6.45) is 1.31. The number of rotatable bonds is 3. The third-order valence-corrected chi connectivity index (χ3v) is 2.85. The summed E-state index contributed by atoms with van der Waals surface area (Å²) in [6.45, 7) is 0.897. The summed E-state index contributed by atoms with van der Waals surface area (Å²) in [4.78, 5) is 0. The van der Waals surface area contributed by atoms with Gasteiger partial charge in [0.15, 0.2) is 0 Å². The molecule has 82 valence electrons. The molecule has 1 nitrogen and oxygen atoms in total. The van der Waals surface area contributed by atoms with Gasteiger partial charge in [-0.2, -0.15) is 0 Å². The minimum atomic E-state index is -0.908. The summed E-state index contributed by atoms with van der Waals surface area (Å²) >= 11 is 0. The van der Waals surface area contributed by atoms with E-state index in [0.29, 0.717) is 6.42 Å². The zero-order valence-electron chi connectivity index (χ0n) is 8.55. The number of hydrogen-bond acceptors (Lipinski definition) is 1.